The fourth-order valence-corrected chi connectivity index (χ4v) is 1.38. The van der Waals surface area contributed by atoms with Crippen molar-refractivity contribution in [3.63, 3.8) is 0 Å². The Morgan fingerprint density at radius 2 is 2.07 bits per heavy atom. The number of benzene rings is 1. The van der Waals surface area contributed by atoms with E-state index in [0.717, 1.165) is 11.3 Å². The zero-order valence-corrected chi connectivity index (χ0v) is 8.20. The van der Waals surface area contributed by atoms with Gasteiger partial charge in [-0.2, -0.15) is 0 Å². The standard InChI is InChI=1S/C12H12N2O/c13-11-3-1-2-4-12(11)14-8-9-5-6-10(15)7-9/h1-6,14-15H,8,13H2. The van der Waals surface area contributed by atoms with Crippen molar-refractivity contribution >= 4 is 11.4 Å². The molecule has 0 fully saturated rings. The number of aliphatic hydroxyl groups is 1. The van der Waals surface area contributed by atoms with Crippen molar-refractivity contribution in [3.8, 4) is 0 Å². The Morgan fingerprint density at radius 1 is 1.27 bits per heavy atom. The van der Waals surface area contributed by atoms with E-state index in [1.165, 1.54) is 0 Å². The summed E-state index contributed by atoms with van der Waals surface area (Å²) in [6.45, 7) is 0.606. The molecule has 3 nitrogen and oxygen atoms in total. The highest BCUT2D eigenvalue weighted by Gasteiger charge is 2.01. The highest BCUT2D eigenvalue weighted by atomic mass is 16.3. The molecule has 0 bridgehead atoms. The molecule has 1 aliphatic rings. The lowest BCUT2D eigenvalue weighted by Gasteiger charge is -2.07. The molecule has 0 unspecified atom stereocenters. The molecule has 0 aliphatic heterocycles. The predicted molar refractivity (Wildman–Crippen MR) is 61.7 cm³/mol. The maximum Gasteiger partial charge on any atom is 0.159 e. The first-order valence-electron chi connectivity index (χ1n) is 4.71. The van der Waals surface area contributed by atoms with E-state index >= 15 is 0 Å². The van der Waals surface area contributed by atoms with E-state index in [2.05, 4.69) is 11.0 Å². The lowest BCUT2D eigenvalue weighted by molar-refractivity contribution is 0.435. The smallest absolute Gasteiger partial charge is 0.159 e. The van der Waals surface area contributed by atoms with Crippen molar-refractivity contribution in [2.24, 2.45) is 0 Å². The summed E-state index contributed by atoms with van der Waals surface area (Å²) in [7, 11) is 0. The molecule has 1 aromatic rings. The Hall–Kier alpha value is -2.12. The summed E-state index contributed by atoms with van der Waals surface area (Å²) < 4.78 is 0. The number of hydrogen-bond donors (Lipinski definition) is 3. The fraction of sp³-hybridized carbons (Fsp3) is 0.0833. The number of nitrogens with two attached hydrogens (primary N) is 1. The van der Waals surface area contributed by atoms with Gasteiger partial charge in [0.1, 0.15) is 0 Å². The minimum absolute atomic E-state index is 0.174. The number of anilines is 2. The van der Waals surface area contributed by atoms with Gasteiger partial charge in [0, 0.05) is 12.1 Å². The molecule has 0 atom stereocenters. The van der Waals surface area contributed by atoms with Crippen LogP contribution < -0.4 is 11.1 Å². The Bertz CT molecular complexity index is 468. The van der Waals surface area contributed by atoms with Crippen LogP contribution in [0.25, 0.3) is 0 Å². The predicted octanol–water partition coefficient (Wildman–Crippen LogP) is 2.22. The van der Waals surface area contributed by atoms with Gasteiger partial charge in [-0.15, -0.1) is 0 Å². The van der Waals surface area contributed by atoms with Gasteiger partial charge in [-0.1, -0.05) is 17.9 Å². The summed E-state index contributed by atoms with van der Waals surface area (Å²) in [5.74, 6) is 0.174. The van der Waals surface area contributed by atoms with E-state index in [0.29, 0.717) is 12.2 Å². The van der Waals surface area contributed by atoms with E-state index < -0.39 is 0 Å². The van der Waals surface area contributed by atoms with Gasteiger partial charge in [0.2, 0.25) is 0 Å². The Labute approximate surface area is 88.2 Å². The number of hydrogen-bond acceptors (Lipinski definition) is 3. The van der Waals surface area contributed by atoms with Crippen LogP contribution >= 0.6 is 0 Å². The molecular formula is C12H12N2O. The first kappa shape index (κ1) is 9.44. The first-order chi connectivity index (χ1) is 7.25. The van der Waals surface area contributed by atoms with E-state index in [1.54, 1.807) is 6.08 Å². The largest absolute Gasteiger partial charge is 0.501 e. The monoisotopic (exact) mass is 200 g/mol. The minimum atomic E-state index is 0.174. The summed E-state index contributed by atoms with van der Waals surface area (Å²) in [6.07, 6.45) is 3.44. The summed E-state index contributed by atoms with van der Waals surface area (Å²) in [5, 5.41) is 12.3. The molecule has 1 aromatic carbocycles. The van der Waals surface area contributed by atoms with Gasteiger partial charge in [-0.3, -0.25) is 0 Å². The quantitative estimate of drug-likeness (QED) is 0.518. The number of para-hydroxylation sites is 2. The van der Waals surface area contributed by atoms with E-state index in [-0.39, 0.29) is 5.76 Å². The van der Waals surface area contributed by atoms with Gasteiger partial charge >= 0.3 is 0 Å². The van der Waals surface area contributed by atoms with E-state index in [1.807, 2.05) is 30.3 Å². The molecule has 0 saturated carbocycles. The van der Waals surface area contributed by atoms with Gasteiger partial charge in [0.15, 0.2) is 5.76 Å². The molecule has 4 N–H and O–H groups in total. The molecule has 3 heteroatoms. The highest BCUT2D eigenvalue weighted by molar-refractivity contribution is 5.66. The molecule has 76 valence electrons. The molecule has 2 rings (SSSR count). The molecule has 0 aromatic heterocycles. The third kappa shape index (κ3) is 2.22. The van der Waals surface area contributed by atoms with E-state index in [9.17, 15) is 0 Å². The molecule has 1 aliphatic carbocycles. The summed E-state index contributed by atoms with van der Waals surface area (Å²) in [4.78, 5) is 0. The Morgan fingerprint density at radius 3 is 2.73 bits per heavy atom. The first-order valence-corrected chi connectivity index (χ1v) is 4.71. The second-order valence-corrected chi connectivity index (χ2v) is 3.31. The third-order valence-corrected chi connectivity index (χ3v) is 2.16. The number of aliphatic hydroxyl groups excluding tert-OH is 1. The summed E-state index contributed by atoms with van der Waals surface area (Å²) in [6, 6.07) is 7.57. The second-order valence-electron chi connectivity index (χ2n) is 3.31. The average molecular weight is 200 g/mol. The maximum absolute atomic E-state index is 9.10. The van der Waals surface area contributed by atoms with Crippen LogP contribution in [0.15, 0.2) is 53.5 Å². The van der Waals surface area contributed by atoms with Crippen LogP contribution in [-0.2, 0) is 0 Å². The van der Waals surface area contributed by atoms with Crippen molar-refractivity contribution in [3.05, 3.63) is 53.5 Å². The van der Waals surface area contributed by atoms with Crippen molar-refractivity contribution in [1.82, 2.24) is 0 Å². The van der Waals surface area contributed by atoms with Crippen molar-refractivity contribution in [1.29, 1.82) is 0 Å². The Kier molecular flexibility index (Phi) is 2.48. The van der Waals surface area contributed by atoms with Crippen LogP contribution in [0.3, 0.4) is 0 Å². The average Bonchev–Trinajstić information content (AvgIpc) is 2.63. The molecule has 0 radical (unpaired) electrons. The minimum Gasteiger partial charge on any atom is -0.501 e. The fourth-order valence-electron chi connectivity index (χ4n) is 1.38. The van der Waals surface area contributed by atoms with Crippen molar-refractivity contribution in [2.45, 2.75) is 0 Å². The molecule has 0 saturated heterocycles. The molecular weight excluding hydrogens is 188 g/mol. The van der Waals surface area contributed by atoms with Crippen molar-refractivity contribution in [2.75, 3.05) is 17.6 Å². The number of rotatable bonds is 3. The van der Waals surface area contributed by atoms with Gasteiger partial charge in [-0.05, 0) is 24.3 Å². The number of nitrogens with one attached hydrogen (secondary N) is 1. The van der Waals surface area contributed by atoms with Crippen molar-refractivity contribution < 1.29 is 5.11 Å². The topological polar surface area (TPSA) is 58.3 Å². The SMILES string of the molecule is Nc1ccccc1NCC1=C=C(O)C=C1. The lowest BCUT2D eigenvalue weighted by Crippen LogP contribution is -2.04. The van der Waals surface area contributed by atoms with Crippen LogP contribution in [0.4, 0.5) is 11.4 Å². The van der Waals surface area contributed by atoms with Gasteiger partial charge in [0.25, 0.3) is 0 Å². The van der Waals surface area contributed by atoms with Gasteiger partial charge in [-0.25, -0.2) is 0 Å². The zero-order valence-electron chi connectivity index (χ0n) is 8.20. The normalized spacial score (nSPS) is 13.6. The zero-order chi connectivity index (χ0) is 10.7. The lowest BCUT2D eigenvalue weighted by atomic mass is 10.2. The third-order valence-electron chi connectivity index (χ3n) is 2.16. The van der Waals surface area contributed by atoms with Gasteiger partial charge < -0.3 is 16.2 Å². The summed E-state index contributed by atoms with van der Waals surface area (Å²) >= 11 is 0. The van der Waals surface area contributed by atoms with Crippen LogP contribution in [0.5, 0.6) is 0 Å². The van der Waals surface area contributed by atoms with Crippen LogP contribution in [0.1, 0.15) is 0 Å². The van der Waals surface area contributed by atoms with Crippen LogP contribution in [0.2, 0.25) is 0 Å². The van der Waals surface area contributed by atoms with Crippen LogP contribution in [0, 0.1) is 0 Å². The Balaban J connectivity index is 2.04. The van der Waals surface area contributed by atoms with Crippen LogP contribution in [-0.4, -0.2) is 11.7 Å². The highest BCUT2D eigenvalue weighted by Crippen LogP contribution is 2.17. The molecule has 0 amide bonds. The maximum atomic E-state index is 9.10. The van der Waals surface area contributed by atoms with Gasteiger partial charge in [0.05, 0.1) is 11.4 Å². The molecule has 15 heavy (non-hydrogen) atoms. The van der Waals surface area contributed by atoms with E-state index in [4.69, 9.17) is 10.8 Å². The number of nitrogen functional groups attached to an aromatic ring is 1. The molecule has 0 heterocycles. The summed E-state index contributed by atoms with van der Waals surface area (Å²) in [5.41, 5.74) is 11.1. The second kappa shape index (κ2) is 3.95. The molecule has 0 spiro atoms.